The third-order valence-corrected chi connectivity index (χ3v) is 13.1. The molecule has 2 aliphatic rings. The SMILES string of the molecule is COc1ncnc2c([C@@H]3C[C@H](CO[Si](C)(C)C(C)(C)C)[C@H]4OC(C)(C)O[C@H]43)cn(COCc3ccccc3)c12. The van der Waals surface area contributed by atoms with Crippen molar-refractivity contribution in [1.82, 2.24) is 14.5 Å². The summed E-state index contributed by atoms with van der Waals surface area (Å²) in [6.07, 6.45) is 4.49. The molecule has 39 heavy (non-hydrogen) atoms. The molecule has 3 aromatic rings. The second kappa shape index (κ2) is 10.6. The van der Waals surface area contributed by atoms with Crippen molar-refractivity contribution in [2.24, 2.45) is 5.92 Å². The van der Waals surface area contributed by atoms with Gasteiger partial charge in [0.2, 0.25) is 5.88 Å². The molecule has 1 aromatic carbocycles. The molecule has 9 heteroatoms. The summed E-state index contributed by atoms with van der Waals surface area (Å²) in [5.41, 5.74) is 3.94. The summed E-state index contributed by atoms with van der Waals surface area (Å²) in [5, 5.41) is 0.150. The van der Waals surface area contributed by atoms with Crippen LogP contribution in [0.4, 0.5) is 0 Å². The molecule has 0 bridgehead atoms. The third-order valence-electron chi connectivity index (χ3n) is 8.62. The fourth-order valence-corrected chi connectivity index (χ4v) is 6.63. The molecule has 2 fully saturated rings. The average molecular weight is 554 g/mol. The first-order valence-corrected chi connectivity index (χ1v) is 16.8. The van der Waals surface area contributed by atoms with Gasteiger partial charge in [-0.1, -0.05) is 51.1 Å². The van der Waals surface area contributed by atoms with Crippen LogP contribution in [0.3, 0.4) is 0 Å². The van der Waals surface area contributed by atoms with Gasteiger partial charge in [0.05, 0.1) is 31.4 Å². The Labute approximate surface area is 233 Å². The Balaban J connectivity index is 1.44. The van der Waals surface area contributed by atoms with Gasteiger partial charge in [-0.25, -0.2) is 4.98 Å². The summed E-state index contributed by atoms with van der Waals surface area (Å²) < 4.78 is 33.6. The van der Waals surface area contributed by atoms with E-state index in [1.165, 1.54) is 0 Å². The zero-order valence-corrected chi connectivity index (χ0v) is 25.6. The first-order valence-electron chi connectivity index (χ1n) is 13.9. The lowest BCUT2D eigenvalue weighted by atomic mass is 9.96. The lowest BCUT2D eigenvalue weighted by Crippen LogP contribution is -2.43. The Morgan fingerprint density at radius 1 is 1.08 bits per heavy atom. The van der Waals surface area contributed by atoms with Gasteiger partial charge in [0, 0.05) is 30.2 Å². The molecular formula is C30H43N3O5Si. The number of benzene rings is 1. The maximum Gasteiger partial charge on any atom is 0.241 e. The van der Waals surface area contributed by atoms with E-state index in [-0.39, 0.29) is 29.1 Å². The number of ether oxygens (including phenoxy) is 4. The zero-order chi connectivity index (χ0) is 28.0. The van der Waals surface area contributed by atoms with Gasteiger partial charge in [-0.3, -0.25) is 0 Å². The number of aromatic nitrogens is 3. The Morgan fingerprint density at radius 2 is 1.79 bits per heavy atom. The van der Waals surface area contributed by atoms with Gasteiger partial charge in [0.25, 0.3) is 0 Å². The highest BCUT2D eigenvalue weighted by Crippen LogP contribution is 2.51. The van der Waals surface area contributed by atoms with Crippen LogP contribution in [0.25, 0.3) is 11.0 Å². The van der Waals surface area contributed by atoms with Crippen molar-refractivity contribution in [1.29, 1.82) is 0 Å². The van der Waals surface area contributed by atoms with E-state index in [1.807, 2.05) is 32.0 Å². The molecule has 0 amide bonds. The molecule has 0 radical (unpaired) electrons. The maximum atomic E-state index is 6.70. The van der Waals surface area contributed by atoms with E-state index in [1.54, 1.807) is 13.4 Å². The Kier molecular flexibility index (Phi) is 7.67. The fraction of sp³-hybridized carbons (Fsp3) is 0.600. The van der Waals surface area contributed by atoms with Gasteiger partial charge in [-0.15, -0.1) is 0 Å². The van der Waals surface area contributed by atoms with Crippen LogP contribution in [0.1, 0.15) is 58.1 Å². The van der Waals surface area contributed by atoms with Crippen LogP contribution in [0.15, 0.2) is 42.9 Å². The van der Waals surface area contributed by atoms with Crippen molar-refractivity contribution >= 4 is 19.4 Å². The third kappa shape index (κ3) is 5.65. The summed E-state index contributed by atoms with van der Waals surface area (Å²) in [5.74, 6) is 0.216. The highest BCUT2D eigenvalue weighted by Gasteiger charge is 2.55. The predicted molar refractivity (Wildman–Crippen MR) is 153 cm³/mol. The second-order valence-electron chi connectivity index (χ2n) is 12.8. The molecule has 8 nitrogen and oxygen atoms in total. The van der Waals surface area contributed by atoms with Gasteiger partial charge < -0.3 is 27.9 Å². The van der Waals surface area contributed by atoms with E-state index in [9.17, 15) is 0 Å². The van der Waals surface area contributed by atoms with Crippen LogP contribution >= 0.6 is 0 Å². The van der Waals surface area contributed by atoms with E-state index in [4.69, 9.17) is 28.4 Å². The van der Waals surface area contributed by atoms with Gasteiger partial charge in [-0.05, 0) is 44.0 Å². The number of hydrogen-bond acceptors (Lipinski definition) is 7. The quantitative estimate of drug-likeness (QED) is 0.290. The average Bonchev–Trinajstić information content (AvgIpc) is 3.51. The van der Waals surface area contributed by atoms with Crippen molar-refractivity contribution in [3.63, 3.8) is 0 Å². The minimum absolute atomic E-state index is 0.0359. The van der Waals surface area contributed by atoms with E-state index in [0.29, 0.717) is 25.8 Å². The largest absolute Gasteiger partial charge is 0.479 e. The normalized spacial score (nSPS) is 24.8. The Hall–Kier alpha value is -2.30. The van der Waals surface area contributed by atoms with E-state index >= 15 is 0 Å². The van der Waals surface area contributed by atoms with Crippen molar-refractivity contribution in [3.8, 4) is 5.88 Å². The molecule has 2 aromatic heterocycles. The smallest absolute Gasteiger partial charge is 0.241 e. The lowest BCUT2D eigenvalue weighted by Gasteiger charge is -2.37. The topological polar surface area (TPSA) is 76.9 Å². The predicted octanol–water partition coefficient (Wildman–Crippen LogP) is 6.26. The van der Waals surface area contributed by atoms with E-state index < -0.39 is 14.1 Å². The van der Waals surface area contributed by atoms with Crippen LogP contribution in [0.2, 0.25) is 18.1 Å². The van der Waals surface area contributed by atoms with Crippen LogP contribution in [0, 0.1) is 5.92 Å². The number of fused-ring (bicyclic) bond motifs is 2. The van der Waals surface area contributed by atoms with E-state index in [0.717, 1.165) is 28.6 Å². The molecule has 1 aliphatic carbocycles. The first kappa shape index (κ1) is 28.2. The fourth-order valence-electron chi connectivity index (χ4n) is 5.57. The molecule has 1 aliphatic heterocycles. The summed E-state index contributed by atoms with van der Waals surface area (Å²) >= 11 is 0. The molecule has 0 N–H and O–H groups in total. The highest BCUT2D eigenvalue weighted by atomic mass is 28.4. The number of rotatable bonds is 9. The van der Waals surface area contributed by atoms with Crippen LogP contribution in [-0.4, -0.2) is 54.6 Å². The summed E-state index contributed by atoms with van der Waals surface area (Å²) in [6.45, 7) is 17.0. The molecule has 1 saturated heterocycles. The zero-order valence-electron chi connectivity index (χ0n) is 24.6. The second-order valence-corrected chi connectivity index (χ2v) is 17.6. The lowest BCUT2D eigenvalue weighted by molar-refractivity contribution is -0.159. The molecule has 0 unspecified atom stereocenters. The van der Waals surface area contributed by atoms with Crippen LogP contribution in [-0.2, 0) is 32.0 Å². The maximum absolute atomic E-state index is 6.70. The van der Waals surface area contributed by atoms with Crippen LogP contribution < -0.4 is 4.74 Å². The Morgan fingerprint density at radius 3 is 2.49 bits per heavy atom. The van der Waals surface area contributed by atoms with Gasteiger partial charge >= 0.3 is 0 Å². The molecule has 4 atom stereocenters. The minimum atomic E-state index is -1.90. The number of nitrogens with zero attached hydrogens (tertiary/aromatic N) is 3. The van der Waals surface area contributed by atoms with Gasteiger partial charge in [-0.2, -0.15) is 4.98 Å². The summed E-state index contributed by atoms with van der Waals surface area (Å²) in [6, 6.07) is 10.2. The van der Waals surface area contributed by atoms with Gasteiger partial charge in [0.15, 0.2) is 14.1 Å². The minimum Gasteiger partial charge on any atom is -0.479 e. The molecule has 1 saturated carbocycles. The molecule has 0 spiro atoms. The van der Waals surface area contributed by atoms with Crippen molar-refractivity contribution in [3.05, 3.63) is 54.0 Å². The van der Waals surface area contributed by atoms with Crippen molar-refractivity contribution in [2.45, 2.75) is 96.4 Å². The van der Waals surface area contributed by atoms with Crippen molar-refractivity contribution < 1.29 is 23.4 Å². The monoisotopic (exact) mass is 553 g/mol. The Bertz CT molecular complexity index is 1290. The molecule has 3 heterocycles. The summed E-state index contributed by atoms with van der Waals surface area (Å²) in [7, 11) is -0.264. The highest BCUT2D eigenvalue weighted by molar-refractivity contribution is 6.74. The first-order chi connectivity index (χ1) is 18.4. The molecule has 212 valence electrons. The summed E-state index contributed by atoms with van der Waals surface area (Å²) in [4.78, 5) is 9.12. The van der Waals surface area contributed by atoms with Crippen LogP contribution in [0.5, 0.6) is 5.88 Å². The van der Waals surface area contributed by atoms with Gasteiger partial charge in [0.1, 0.15) is 18.6 Å². The molecular weight excluding hydrogens is 510 g/mol. The standard InChI is InChI=1S/C30H43N3O5Si/c1-29(2,3)39(7,8)36-17-21-14-22(27-26(21)37-30(4,5)38-27)23-15-33(19-35-16-20-12-10-9-11-13-20)25-24(23)31-18-32-28(25)34-6/h9-13,15,18,21-22,26-27H,14,16-17,19H2,1-8H3/t21-,22+,26-,27+/m1/s1. The van der Waals surface area contributed by atoms with E-state index in [2.05, 4.69) is 61.7 Å². The number of methoxy groups -OCH3 is 1. The van der Waals surface area contributed by atoms with Crippen molar-refractivity contribution in [2.75, 3.05) is 13.7 Å². The number of hydrogen-bond donors (Lipinski definition) is 0. The molecule has 5 rings (SSSR count).